The summed E-state index contributed by atoms with van der Waals surface area (Å²) in [7, 11) is 0. The van der Waals surface area contributed by atoms with Crippen molar-refractivity contribution < 1.29 is 9.90 Å². The zero-order valence-corrected chi connectivity index (χ0v) is 13.6. The largest absolute Gasteiger partial charge is 0.507 e. The molecule has 2 nitrogen and oxygen atoms in total. The van der Waals surface area contributed by atoms with Crippen molar-refractivity contribution in [3.8, 4) is 0 Å². The summed E-state index contributed by atoms with van der Waals surface area (Å²) in [5.74, 6) is -0.191. The fraction of sp³-hybridized carbons (Fsp3) is 0. The minimum absolute atomic E-state index is 0.0109. The molecule has 0 radical (unpaired) electrons. The fourth-order valence-corrected chi connectivity index (χ4v) is 3.49. The molecule has 116 valence electrons. The number of rotatable bonds is 3. The van der Waals surface area contributed by atoms with Crippen LogP contribution in [0.2, 0.25) is 0 Å². The topological polar surface area (TPSA) is 37.3 Å². The van der Waals surface area contributed by atoms with Crippen LogP contribution in [0.3, 0.4) is 0 Å². The quantitative estimate of drug-likeness (QED) is 0.222. The molecule has 0 saturated carbocycles. The van der Waals surface area contributed by atoms with E-state index in [1.807, 2.05) is 41.8 Å². The molecule has 0 unspecified atom stereocenters. The van der Waals surface area contributed by atoms with Crippen LogP contribution in [0.15, 0.2) is 78.2 Å². The van der Waals surface area contributed by atoms with Crippen molar-refractivity contribution in [2.75, 3.05) is 0 Å². The lowest BCUT2D eigenvalue weighted by Crippen LogP contribution is -1.93. The second kappa shape index (κ2) is 5.95. The third-order valence-electron chi connectivity index (χ3n) is 4.07. The van der Waals surface area contributed by atoms with Gasteiger partial charge in [0.05, 0.1) is 4.88 Å². The van der Waals surface area contributed by atoms with Crippen LogP contribution >= 0.6 is 11.3 Å². The molecular weight excluding hydrogens is 316 g/mol. The van der Waals surface area contributed by atoms with E-state index in [1.54, 1.807) is 6.07 Å². The van der Waals surface area contributed by atoms with Crippen LogP contribution in [0, 0.1) is 0 Å². The molecule has 0 fully saturated rings. The smallest absolute Gasteiger partial charge is 0.199 e. The van der Waals surface area contributed by atoms with E-state index in [-0.39, 0.29) is 11.5 Å². The lowest BCUT2D eigenvalue weighted by atomic mass is 9.99. The lowest BCUT2D eigenvalue weighted by molar-refractivity contribution is 0.105. The molecule has 3 aromatic carbocycles. The van der Waals surface area contributed by atoms with Crippen LogP contribution < -0.4 is 0 Å². The standard InChI is InChI=1S/C21H14O2S/c22-19(13-20(23)21-6-3-11-24-21)16-10-9-15-8-7-14-4-1-2-5-17(14)18(15)12-16/h1-13,22H/b19-13-. The van der Waals surface area contributed by atoms with Gasteiger partial charge in [-0.15, -0.1) is 11.3 Å². The summed E-state index contributed by atoms with van der Waals surface area (Å²) < 4.78 is 0. The average molecular weight is 330 g/mol. The summed E-state index contributed by atoms with van der Waals surface area (Å²) >= 11 is 1.37. The Balaban J connectivity index is 1.82. The predicted molar refractivity (Wildman–Crippen MR) is 101 cm³/mol. The molecule has 4 rings (SSSR count). The molecular formula is C21H14O2S. The van der Waals surface area contributed by atoms with Gasteiger partial charge in [-0.05, 0) is 39.1 Å². The van der Waals surface area contributed by atoms with Crippen molar-refractivity contribution in [1.82, 2.24) is 0 Å². The highest BCUT2D eigenvalue weighted by atomic mass is 32.1. The highest BCUT2D eigenvalue weighted by Crippen LogP contribution is 2.28. The molecule has 0 amide bonds. The summed E-state index contributed by atoms with van der Waals surface area (Å²) in [6.45, 7) is 0. The van der Waals surface area contributed by atoms with Crippen molar-refractivity contribution in [3.05, 3.63) is 88.6 Å². The van der Waals surface area contributed by atoms with Crippen LogP contribution in [0.25, 0.3) is 27.3 Å². The van der Waals surface area contributed by atoms with Gasteiger partial charge in [0.1, 0.15) is 5.76 Å². The number of aliphatic hydroxyl groups is 1. The molecule has 0 aliphatic heterocycles. The Morgan fingerprint density at radius 2 is 1.62 bits per heavy atom. The second-order valence-corrected chi connectivity index (χ2v) is 6.54. The Hall–Kier alpha value is -2.91. The Bertz CT molecular complexity index is 1080. The number of fused-ring (bicyclic) bond motifs is 3. The van der Waals surface area contributed by atoms with Crippen molar-refractivity contribution in [1.29, 1.82) is 0 Å². The van der Waals surface area contributed by atoms with E-state index in [2.05, 4.69) is 24.3 Å². The molecule has 1 N–H and O–H groups in total. The lowest BCUT2D eigenvalue weighted by Gasteiger charge is -2.06. The van der Waals surface area contributed by atoms with Crippen LogP contribution in [-0.4, -0.2) is 10.9 Å². The predicted octanol–water partition coefficient (Wildman–Crippen LogP) is 5.84. The van der Waals surface area contributed by atoms with Gasteiger partial charge in [0.15, 0.2) is 5.78 Å². The first-order valence-electron chi connectivity index (χ1n) is 7.63. The van der Waals surface area contributed by atoms with Crippen LogP contribution in [-0.2, 0) is 0 Å². The van der Waals surface area contributed by atoms with E-state index in [0.29, 0.717) is 10.4 Å². The molecule has 0 saturated heterocycles. The number of hydrogen-bond acceptors (Lipinski definition) is 3. The molecule has 3 heteroatoms. The van der Waals surface area contributed by atoms with Crippen molar-refractivity contribution in [3.63, 3.8) is 0 Å². The highest BCUT2D eigenvalue weighted by Gasteiger charge is 2.08. The minimum Gasteiger partial charge on any atom is -0.507 e. The van der Waals surface area contributed by atoms with Gasteiger partial charge >= 0.3 is 0 Å². The number of carbonyl (C=O) groups is 1. The first-order chi connectivity index (χ1) is 11.7. The van der Waals surface area contributed by atoms with E-state index in [1.165, 1.54) is 17.4 Å². The molecule has 4 aromatic rings. The van der Waals surface area contributed by atoms with Gasteiger partial charge < -0.3 is 5.11 Å². The maximum atomic E-state index is 12.1. The maximum absolute atomic E-state index is 12.1. The molecule has 24 heavy (non-hydrogen) atoms. The number of hydrogen-bond donors (Lipinski definition) is 1. The van der Waals surface area contributed by atoms with Crippen LogP contribution in [0.5, 0.6) is 0 Å². The van der Waals surface area contributed by atoms with Crippen LogP contribution in [0.4, 0.5) is 0 Å². The van der Waals surface area contributed by atoms with E-state index < -0.39 is 0 Å². The van der Waals surface area contributed by atoms with Crippen LogP contribution in [0.1, 0.15) is 15.2 Å². The van der Waals surface area contributed by atoms with Gasteiger partial charge in [-0.1, -0.05) is 54.6 Å². The fourth-order valence-electron chi connectivity index (χ4n) is 2.86. The van der Waals surface area contributed by atoms with Gasteiger partial charge in [0, 0.05) is 11.6 Å². The SMILES string of the molecule is O=C(/C=C(\O)c1ccc2ccc3ccccc3c2c1)c1cccs1. The number of thiophene rings is 1. The van der Waals surface area contributed by atoms with E-state index in [4.69, 9.17) is 0 Å². The minimum atomic E-state index is -0.180. The monoisotopic (exact) mass is 330 g/mol. The van der Waals surface area contributed by atoms with Gasteiger partial charge in [-0.25, -0.2) is 0 Å². The summed E-state index contributed by atoms with van der Waals surface area (Å²) in [6.07, 6.45) is 1.29. The summed E-state index contributed by atoms with van der Waals surface area (Å²) in [6, 6.07) is 21.6. The molecule has 0 aliphatic rings. The van der Waals surface area contributed by atoms with Crippen molar-refractivity contribution in [2.45, 2.75) is 0 Å². The molecule has 0 spiro atoms. The zero-order valence-electron chi connectivity index (χ0n) is 12.8. The molecule has 0 bridgehead atoms. The van der Waals surface area contributed by atoms with Gasteiger partial charge in [-0.3, -0.25) is 4.79 Å². The Morgan fingerprint density at radius 1 is 0.875 bits per heavy atom. The Labute approximate surface area is 143 Å². The molecule has 1 aromatic heterocycles. The number of aliphatic hydroxyl groups excluding tert-OH is 1. The molecule has 0 atom stereocenters. The van der Waals surface area contributed by atoms with Gasteiger partial charge in [0.2, 0.25) is 0 Å². The number of benzene rings is 3. The Kier molecular flexibility index (Phi) is 3.63. The summed E-state index contributed by atoms with van der Waals surface area (Å²) in [5, 5.41) is 16.7. The number of carbonyl (C=O) groups excluding carboxylic acids is 1. The molecule has 1 heterocycles. The zero-order chi connectivity index (χ0) is 16.5. The first-order valence-corrected chi connectivity index (χ1v) is 8.51. The van der Waals surface area contributed by atoms with Crippen molar-refractivity contribution >= 4 is 44.4 Å². The molecule has 0 aliphatic carbocycles. The van der Waals surface area contributed by atoms with Gasteiger partial charge in [0.25, 0.3) is 0 Å². The van der Waals surface area contributed by atoms with Gasteiger partial charge in [-0.2, -0.15) is 0 Å². The number of ketones is 1. The first kappa shape index (κ1) is 14.7. The van der Waals surface area contributed by atoms with E-state index in [0.717, 1.165) is 21.5 Å². The third-order valence-corrected chi connectivity index (χ3v) is 4.96. The average Bonchev–Trinajstić information content (AvgIpc) is 3.16. The Morgan fingerprint density at radius 3 is 2.42 bits per heavy atom. The third kappa shape index (κ3) is 2.59. The van der Waals surface area contributed by atoms with E-state index in [9.17, 15) is 9.90 Å². The summed E-state index contributed by atoms with van der Waals surface area (Å²) in [5.41, 5.74) is 0.642. The maximum Gasteiger partial charge on any atom is 0.199 e. The number of allylic oxidation sites excluding steroid dienone is 1. The highest BCUT2D eigenvalue weighted by molar-refractivity contribution is 7.12. The van der Waals surface area contributed by atoms with E-state index >= 15 is 0 Å². The van der Waals surface area contributed by atoms with Crippen molar-refractivity contribution in [2.24, 2.45) is 0 Å². The normalized spacial score (nSPS) is 11.9. The second-order valence-electron chi connectivity index (χ2n) is 5.59. The summed E-state index contributed by atoms with van der Waals surface area (Å²) in [4.78, 5) is 12.8.